The third kappa shape index (κ3) is 11.9. The Balaban J connectivity index is 0.000000447. The second-order valence-corrected chi connectivity index (χ2v) is 8.87. The Hall–Kier alpha value is -2.47. The zero-order chi connectivity index (χ0) is 21.9. The van der Waals surface area contributed by atoms with E-state index in [1.165, 1.54) is 17.5 Å². The predicted molar refractivity (Wildman–Crippen MR) is 120 cm³/mol. The highest BCUT2D eigenvalue weighted by Crippen LogP contribution is 2.24. The molecule has 0 atom stereocenters. The minimum Gasteiger partial charge on any atom is -0.444 e. The van der Waals surface area contributed by atoms with Crippen LogP contribution >= 0.6 is 11.9 Å². The van der Waals surface area contributed by atoms with Crippen molar-refractivity contribution in [2.75, 3.05) is 0 Å². The summed E-state index contributed by atoms with van der Waals surface area (Å²) in [5, 5.41) is 0. The lowest BCUT2D eigenvalue weighted by Crippen LogP contribution is -2.27. The smallest absolute Gasteiger partial charge is 0.405 e. The zero-order valence-corrected chi connectivity index (χ0v) is 18.7. The van der Waals surface area contributed by atoms with Crippen LogP contribution in [0.4, 0.5) is 4.79 Å². The number of nitrogens with two attached hydrogens (primary N) is 1. The highest BCUT2D eigenvalue weighted by atomic mass is 32.2. The van der Waals surface area contributed by atoms with Crippen LogP contribution in [0.2, 0.25) is 0 Å². The van der Waals surface area contributed by atoms with Crippen molar-refractivity contribution in [2.24, 2.45) is 11.7 Å². The van der Waals surface area contributed by atoms with Gasteiger partial charge in [0.2, 0.25) is 5.91 Å². The fraction of sp³-hybridized carbons (Fsp3) is 0.391. The van der Waals surface area contributed by atoms with E-state index in [2.05, 4.69) is 47.6 Å². The van der Waals surface area contributed by atoms with Crippen LogP contribution in [-0.4, -0.2) is 17.6 Å². The molecule has 29 heavy (non-hydrogen) atoms. The van der Waals surface area contributed by atoms with E-state index in [1.54, 1.807) is 20.8 Å². The van der Waals surface area contributed by atoms with E-state index in [9.17, 15) is 9.59 Å². The van der Waals surface area contributed by atoms with E-state index in [1.807, 2.05) is 30.3 Å². The molecule has 0 unspecified atom stereocenters. The first-order valence-electron chi connectivity index (χ1n) is 9.66. The van der Waals surface area contributed by atoms with Crippen molar-refractivity contribution in [1.82, 2.24) is 4.72 Å². The van der Waals surface area contributed by atoms with Crippen LogP contribution in [0.1, 0.15) is 47.5 Å². The fourth-order valence-electron chi connectivity index (χ4n) is 2.26. The van der Waals surface area contributed by atoms with Gasteiger partial charge in [-0.1, -0.05) is 56.3 Å². The van der Waals surface area contributed by atoms with Gasteiger partial charge in [-0.2, -0.15) is 0 Å². The minimum absolute atomic E-state index is 0.0961. The molecule has 2 aromatic carbocycles. The Morgan fingerprint density at radius 1 is 1.03 bits per heavy atom. The molecule has 0 saturated heterocycles. The number of benzene rings is 2. The highest BCUT2D eigenvalue weighted by Gasteiger charge is 2.12. The summed E-state index contributed by atoms with van der Waals surface area (Å²) in [5.41, 5.74) is 6.61. The first-order chi connectivity index (χ1) is 13.6. The molecule has 0 bridgehead atoms. The maximum absolute atomic E-state index is 11.7. The van der Waals surface area contributed by atoms with Crippen molar-refractivity contribution < 1.29 is 14.3 Å². The Morgan fingerprint density at radius 2 is 1.66 bits per heavy atom. The van der Waals surface area contributed by atoms with Crippen LogP contribution in [0.3, 0.4) is 0 Å². The molecule has 0 aliphatic heterocycles. The number of hydrogen-bond donors (Lipinski definition) is 2. The van der Waals surface area contributed by atoms with Gasteiger partial charge in [0.05, 0.1) is 0 Å². The van der Waals surface area contributed by atoms with Gasteiger partial charge < -0.3 is 10.5 Å². The molecule has 0 heterocycles. The Morgan fingerprint density at radius 3 is 2.17 bits per heavy atom. The van der Waals surface area contributed by atoms with Gasteiger partial charge in [0.25, 0.3) is 0 Å². The maximum atomic E-state index is 11.7. The third-order valence-electron chi connectivity index (χ3n) is 3.58. The average Bonchev–Trinajstić information content (AvgIpc) is 2.64. The normalized spacial score (nSPS) is 10.7. The SMILES string of the molecule is CC(C)(C)OC(N)=O.CC(C)CCC(=O)NSc1cccc(-c2ccccc2)c1. The zero-order valence-electron chi connectivity index (χ0n) is 17.9. The first kappa shape index (κ1) is 24.6. The van der Waals surface area contributed by atoms with Crippen LogP contribution in [0.15, 0.2) is 59.5 Å². The van der Waals surface area contributed by atoms with E-state index in [-0.39, 0.29) is 5.91 Å². The summed E-state index contributed by atoms with van der Waals surface area (Å²) < 4.78 is 7.49. The van der Waals surface area contributed by atoms with Crippen molar-refractivity contribution in [3.05, 3.63) is 54.6 Å². The molecule has 2 amide bonds. The lowest BCUT2D eigenvalue weighted by Gasteiger charge is -2.16. The Bertz CT molecular complexity index is 771. The molecular formula is C23H32N2O3S. The third-order valence-corrected chi connectivity index (χ3v) is 4.40. The molecule has 5 nitrogen and oxygen atoms in total. The van der Waals surface area contributed by atoms with Crippen LogP contribution < -0.4 is 10.5 Å². The predicted octanol–water partition coefficient (Wildman–Crippen LogP) is 5.79. The lowest BCUT2D eigenvalue weighted by atomic mass is 10.1. The van der Waals surface area contributed by atoms with Crippen molar-refractivity contribution in [2.45, 2.75) is 58.0 Å². The van der Waals surface area contributed by atoms with E-state index >= 15 is 0 Å². The summed E-state index contributed by atoms with van der Waals surface area (Å²) in [6, 6.07) is 18.5. The largest absolute Gasteiger partial charge is 0.444 e. The molecule has 6 heteroatoms. The van der Waals surface area contributed by atoms with Gasteiger partial charge in [0.15, 0.2) is 0 Å². The number of nitrogens with one attached hydrogen (secondary N) is 1. The van der Waals surface area contributed by atoms with Crippen LogP contribution in [0.25, 0.3) is 11.1 Å². The number of carbonyl (C=O) groups is 2. The molecule has 158 valence electrons. The summed E-state index contributed by atoms with van der Waals surface area (Å²) in [6.45, 7) is 9.54. The van der Waals surface area contributed by atoms with Gasteiger partial charge in [-0.25, -0.2) is 4.79 Å². The molecule has 0 radical (unpaired) electrons. The molecule has 2 rings (SSSR count). The number of primary amides is 1. The van der Waals surface area contributed by atoms with E-state index in [4.69, 9.17) is 5.73 Å². The summed E-state index contributed by atoms with van der Waals surface area (Å²) in [4.78, 5) is 22.8. The number of carbonyl (C=O) groups excluding carboxylic acids is 2. The van der Waals surface area contributed by atoms with Gasteiger partial charge in [0, 0.05) is 11.3 Å². The second kappa shape index (κ2) is 12.2. The molecule has 2 aromatic rings. The number of ether oxygens (including phenoxy) is 1. The summed E-state index contributed by atoms with van der Waals surface area (Å²) >= 11 is 1.39. The summed E-state index contributed by atoms with van der Waals surface area (Å²) in [6.07, 6.45) is 0.789. The lowest BCUT2D eigenvalue weighted by molar-refractivity contribution is -0.119. The van der Waals surface area contributed by atoms with Crippen molar-refractivity contribution >= 4 is 23.9 Å². The van der Waals surface area contributed by atoms with Gasteiger partial charge in [-0.3, -0.25) is 9.52 Å². The number of amides is 2. The van der Waals surface area contributed by atoms with Gasteiger partial charge in [-0.05, 0) is 68.3 Å². The Kier molecular flexibility index (Phi) is 10.3. The van der Waals surface area contributed by atoms with Crippen molar-refractivity contribution in [1.29, 1.82) is 0 Å². The summed E-state index contributed by atoms with van der Waals surface area (Å²) in [7, 11) is 0. The monoisotopic (exact) mass is 416 g/mol. The van der Waals surface area contributed by atoms with Crippen LogP contribution in [0, 0.1) is 5.92 Å². The van der Waals surface area contributed by atoms with Gasteiger partial charge in [0.1, 0.15) is 5.60 Å². The molecule has 0 aliphatic carbocycles. The summed E-state index contributed by atoms with van der Waals surface area (Å²) in [5.74, 6) is 0.654. The molecule has 0 fully saturated rings. The molecule has 0 aliphatic rings. The average molecular weight is 417 g/mol. The standard InChI is InChI=1S/C18H21NOS.C5H11NO2/c1-14(2)11-12-18(20)19-21-17-10-6-9-16(13-17)15-7-4-3-5-8-15;1-5(2,3)8-4(6)7/h3-10,13-14H,11-12H2,1-2H3,(H,19,20);1-3H3,(H2,6,7). The molecular weight excluding hydrogens is 384 g/mol. The highest BCUT2D eigenvalue weighted by molar-refractivity contribution is 7.98. The van der Waals surface area contributed by atoms with Crippen molar-refractivity contribution in [3.63, 3.8) is 0 Å². The van der Waals surface area contributed by atoms with E-state index in [0.29, 0.717) is 12.3 Å². The second-order valence-electron chi connectivity index (χ2n) is 7.99. The topological polar surface area (TPSA) is 81.4 Å². The van der Waals surface area contributed by atoms with E-state index < -0.39 is 11.7 Å². The molecule has 0 saturated carbocycles. The Labute approximate surface area is 178 Å². The van der Waals surface area contributed by atoms with Gasteiger partial charge in [-0.15, -0.1) is 0 Å². The number of rotatable bonds is 6. The molecule has 3 N–H and O–H groups in total. The first-order valence-corrected chi connectivity index (χ1v) is 10.5. The van der Waals surface area contributed by atoms with Gasteiger partial charge >= 0.3 is 6.09 Å². The van der Waals surface area contributed by atoms with Crippen LogP contribution in [0.5, 0.6) is 0 Å². The molecule has 0 spiro atoms. The quantitative estimate of drug-likeness (QED) is 0.584. The van der Waals surface area contributed by atoms with Crippen LogP contribution in [-0.2, 0) is 9.53 Å². The van der Waals surface area contributed by atoms with Crippen molar-refractivity contribution in [3.8, 4) is 11.1 Å². The minimum atomic E-state index is -0.725. The maximum Gasteiger partial charge on any atom is 0.405 e. The number of hydrogen-bond acceptors (Lipinski definition) is 4. The fourth-order valence-corrected chi connectivity index (χ4v) is 2.92. The van der Waals surface area contributed by atoms with E-state index in [0.717, 1.165) is 16.9 Å². The molecule has 0 aromatic heterocycles.